The first kappa shape index (κ1) is 49.1. The number of unbranched alkanes of at least 4 members (excludes halogenated alkanes) is 14. The number of aliphatic carboxylic acids is 1. The van der Waals surface area contributed by atoms with Crippen molar-refractivity contribution >= 4 is 29.6 Å². The Kier molecular flexibility index (Phi) is 35.8. The second-order valence-corrected chi connectivity index (χ2v) is 13.0. The third-order valence-electron chi connectivity index (χ3n) is 8.33. The van der Waals surface area contributed by atoms with E-state index in [0.717, 1.165) is 44.9 Å². The van der Waals surface area contributed by atoms with Crippen molar-refractivity contribution in [2.24, 2.45) is 5.73 Å². The fraction of sp³-hybridized carbons (Fsp3) is 0.865. The number of hydrogen-bond donors (Lipinski definition) is 6. The number of ether oxygens (including phenoxy) is 4. The lowest BCUT2D eigenvalue weighted by atomic mass is 10.0. The van der Waals surface area contributed by atoms with Crippen LogP contribution in [0.4, 0.5) is 0 Å². The molecule has 15 heteroatoms. The van der Waals surface area contributed by atoms with Crippen LogP contribution in [0, 0.1) is 0 Å². The SMILES string of the molecule is CN[C@@H](CCCCNC(=O)COCCOCCNC(=O)COCCOCCNC(=O)CCCCCCCCCCCCCCCCC(=O)O)C(N)=O. The highest BCUT2D eigenvalue weighted by Crippen LogP contribution is 2.13. The van der Waals surface area contributed by atoms with E-state index in [1.165, 1.54) is 57.8 Å². The predicted octanol–water partition coefficient (Wildman–Crippen LogP) is 2.97. The predicted molar refractivity (Wildman–Crippen MR) is 200 cm³/mol. The molecule has 52 heavy (non-hydrogen) atoms. The second kappa shape index (κ2) is 37.9. The van der Waals surface area contributed by atoms with Crippen molar-refractivity contribution < 1.29 is 48.0 Å². The van der Waals surface area contributed by atoms with E-state index in [1.54, 1.807) is 7.05 Å². The minimum Gasteiger partial charge on any atom is -0.481 e. The molecule has 0 bridgehead atoms. The van der Waals surface area contributed by atoms with Gasteiger partial charge in [0.05, 0.1) is 45.7 Å². The van der Waals surface area contributed by atoms with Crippen molar-refractivity contribution in [2.45, 2.75) is 128 Å². The highest BCUT2D eigenvalue weighted by atomic mass is 16.5. The van der Waals surface area contributed by atoms with E-state index in [4.69, 9.17) is 29.8 Å². The normalized spacial score (nSPS) is 11.6. The van der Waals surface area contributed by atoms with Gasteiger partial charge in [-0.25, -0.2) is 0 Å². The van der Waals surface area contributed by atoms with Crippen LogP contribution in [0.3, 0.4) is 0 Å². The van der Waals surface area contributed by atoms with Gasteiger partial charge in [-0.2, -0.15) is 0 Å². The summed E-state index contributed by atoms with van der Waals surface area (Å²) in [6, 6.07) is -0.355. The summed E-state index contributed by atoms with van der Waals surface area (Å²) in [6.07, 6.45) is 19.1. The Morgan fingerprint density at radius 3 is 1.35 bits per heavy atom. The Morgan fingerprint density at radius 1 is 0.500 bits per heavy atom. The molecule has 15 nitrogen and oxygen atoms in total. The zero-order valence-electron chi connectivity index (χ0n) is 32.0. The number of rotatable bonds is 40. The summed E-state index contributed by atoms with van der Waals surface area (Å²) in [7, 11) is 1.69. The maximum Gasteiger partial charge on any atom is 0.303 e. The van der Waals surface area contributed by atoms with Crippen LogP contribution in [0.1, 0.15) is 122 Å². The summed E-state index contributed by atoms with van der Waals surface area (Å²) in [6.45, 7) is 2.95. The number of carboxylic acids is 1. The summed E-state index contributed by atoms with van der Waals surface area (Å²) in [5, 5.41) is 19.8. The van der Waals surface area contributed by atoms with Crippen molar-refractivity contribution in [3.8, 4) is 0 Å². The largest absolute Gasteiger partial charge is 0.481 e. The molecule has 0 heterocycles. The number of carbonyl (C=O) groups is 5. The van der Waals surface area contributed by atoms with Crippen LogP contribution >= 0.6 is 0 Å². The smallest absolute Gasteiger partial charge is 0.303 e. The van der Waals surface area contributed by atoms with Gasteiger partial charge < -0.3 is 51.1 Å². The quantitative estimate of drug-likeness (QED) is 0.0502. The van der Waals surface area contributed by atoms with Gasteiger partial charge in [-0.3, -0.25) is 24.0 Å². The Labute approximate surface area is 311 Å². The first-order chi connectivity index (χ1) is 25.3. The van der Waals surface area contributed by atoms with Crippen LogP contribution in [0.25, 0.3) is 0 Å². The molecular weight excluding hydrogens is 674 g/mol. The van der Waals surface area contributed by atoms with Gasteiger partial charge in [0.2, 0.25) is 23.6 Å². The lowest BCUT2D eigenvalue weighted by Gasteiger charge is -2.12. The average Bonchev–Trinajstić information content (AvgIpc) is 3.11. The van der Waals surface area contributed by atoms with E-state index >= 15 is 0 Å². The molecule has 0 fully saturated rings. The molecule has 0 spiro atoms. The van der Waals surface area contributed by atoms with Crippen molar-refractivity contribution in [1.29, 1.82) is 0 Å². The Hall–Kier alpha value is -2.85. The van der Waals surface area contributed by atoms with Crippen LogP contribution in [0.15, 0.2) is 0 Å². The van der Waals surface area contributed by atoms with E-state index < -0.39 is 5.97 Å². The van der Waals surface area contributed by atoms with Crippen molar-refractivity contribution in [1.82, 2.24) is 21.3 Å². The molecule has 0 aliphatic rings. The summed E-state index contributed by atoms with van der Waals surface area (Å²) in [4.78, 5) is 57.3. The third kappa shape index (κ3) is 36.9. The number of primary amides is 1. The zero-order valence-corrected chi connectivity index (χ0v) is 32.0. The number of hydrogen-bond acceptors (Lipinski definition) is 10. The maximum absolute atomic E-state index is 12.0. The van der Waals surface area contributed by atoms with E-state index in [0.29, 0.717) is 65.3 Å². The van der Waals surface area contributed by atoms with E-state index in [1.807, 2.05) is 0 Å². The molecule has 0 aromatic rings. The topological polar surface area (TPSA) is 217 Å². The van der Waals surface area contributed by atoms with Crippen LogP contribution < -0.4 is 27.0 Å². The molecule has 4 amide bonds. The molecule has 304 valence electrons. The Bertz CT molecular complexity index is 912. The lowest BCUT2D eigenvalue weighted by molar-refractivity contribution is -0.137. The van der Waals surface area contributed by atoms with Gasteiger partial charge in [-0.05, 0) is 39.2 Å². The fourth-order valence-corrected chi connectivity index (χ4v) is 5.30. The number of nitrogens with one attached hydrogen (secondary N) is 4. The fourth-order valence-electron chi connectivity index (χ4n) is 5.30. The van der Waals surface area contributed by atoms with E-state index in [2.05, 4.69) is 21.3 Å². The van der Waals surface area contributed by atoms with Crippen LogP contribution in [-0.4, -0.2) is 120 Å². The van der Waals surface area contributed by atoms with Crippen molar-refractivity contribution in [3.05, 3.63) is 0 Å². The molecule has 1 atom stereocenters. The molecule has 0 aromatic heterocycles. The molecule has 0 saturated heterocycles. The number of likely N-dealkylation sites (N-methyl/N-ethyl adjacent to an activating group) is 1. The summed E-state index contributed by atoms with van der Waals surface area (Å²) >= 11 is 0. The van der Waals surface area contributed by atoms with Gasteiger partial charge in [0.15, 0.2) is 0 Å². The monoisotopic (exact) mass is 746 g/mol. The minimum absolute atomic E-state index is 0.0449. The molecule has 0 radical (unpaired) electrons. The van der Waals surface area contributed by atoms with Crippen molar-refractivity contribution in [2.75, 3.05) is 79.5 Å². The highest BCUT2D eigenvalue weighted by Gasteiger charge is 2.11. The standard InChI is InChI=1S/C37H71N5O10/c1-39-32(37(38)48)18-16-17-21-40-34(44)30-51-28-27-50-25-23-42-35(45)31-52-29-26-49-24-22-41-33(43)19-14-12-10-8-6-4-2-3-5-7-9-11-13-15-20-36(46)47/h32,39H,2-31H2,1H3,(H2,38,48)(H,40,44)(H,41,43)(H,42,45)(H,46,47)/t32-/m0/s1. The Balaban J connectivity index is 3.35. The van der Waals surface area contributed by atoms with Gasteiger partial charge >= 0.3 is 5.97 Å². The number of carbonyl (C=O) groups excluding carboxylic acids is 4. The Morgan fingerprint density at radius 2 is 0.904 bits per heavy atom. The van der Waals surface area contributed by atoms with Crippen LogP contribution in [-0.2, 0) is 42.9 Å². The summed E-state index contributed by atoms with van der Waals surface area (Å²) < 4.78 is 21.4. The molecule has 0 unspecified atom stereocenters. The summed E-state index contributed by atoms with van der Waals surface area (Å²) in [5.41, 5.74) is 5.27. The number of carboxylic acid groups (broad SMARTS) is 1. The molecule has 7 N–H and O–H groups in total. The molecule has 0 aliphatic heterocycles. The molecule has 0 saturated carbocycles. The first-order valence-electron chi connectivity index (χ1n) is 19.6. The second-order valence-electron chi connectivity index (χ2n) is 13.0. The molecule has 0 aliphatic carbocycles. The van der Waals surface area contributed by atoms with Crippen molar-refractivity contribution in [3.63, 3.8) is 0 Å². The van der Waals surface area contributed by atoms with Gasteiger partial charge in [0, 0.05) is 32.5 Å². The van der Waals surface area contributed by atoms with Gasteiger partial charge in [0.1, 0.15) is 13.2 Å². The molecule has 0 rings (SSSR count). The zero-order chi connectivity index (χ0) is 38.3. The number of nitrogens with two attached hydrogens (primary N) is 1. The average molecular weight is 746 g/mol. The minimum atomic E-state index is -0.693. The van der Waals surface area contributed by atoms with Crippen LogP contribution in [0.2, 0.25) is 0 Å². The van der Waals surface area contributed by atoms with Gasteiger partial charge in [-0.1, -0.05) is 77.0 Å². The number of amides is 4. The first-order valence-corrected chi connectivity index (χ1v) is 19.6. The molecular formula is C37H71N5O10. The van der Waals surface area contributed by atoms with E-state index in [9.17, 15) is 24.0 Å². The third-order valence-corrected chi connectivity index (χ3v) is 8.33. The molecule has 0 aromatic carbocycles. The van der Waals surface area contributed by atoms with Gasteiger partial charge in [0.25, 0.3) is 0 Å². The lowest BCUT2D eigenvalue weighted by Crippen LogP contribution is -2.39. The van der Waals surface area contributed by atoms with Gasteiger partial charge in [-0.15, -0.1) is 0 Å². The summed E-state index contributed by atoms with van der Waals surface area (Å²) in [5.74, 6) is -1.51. The maximum atomic E-state index is 12.0. The van der Waals surface area contributed by atoms with E-state index in [-0.39, 0.29) is 56.1 Å². The van der Waals surface area contributed by atoms with Crippen LogP contribution in [0.5, 0.6) is 0 Å². The highest BCUT2D eigenvalue weighted by molar-refractivity contribution is 5.79.